The van der Waals surface area contributed by atoms with E-state index in [2.05, 4.69) is 15.0 Å². The first-order valence-electron chi connectivity index (χ1n) is 17.7. The van der Waals surface area contributed by atoms with Gasteiger partial charge in [0, 0.05) is 52.7 Å². The van der Waals surface area contributed by atoms with Crippen molar-refractivity contribution in [1.29, 1.82) is 0 Å². The number of benzene rings is 3. The summed E-state index contributed by atoms with van der Waals surface area (Å²) in [5, 5.41) is 35.1. The van der Waals surface area contributed by atoms with Gasteiger partial charge in [-0.3, -0.25) is 0 Å². The number of carbonyl (C=O) groups is 3. The van der Waals surface area contributed by atoms with Crippen LogP contribution in [0.4, 0.5) is 0 Å². The van der Waals surface area contributed by atoms with E-state index in [0.717, 1.165) is 0 Å². The second-order valence-corrected chi connectivity index (χ2v) is 13.5. The number of rotatable bonds is 7. The minimum absolute atomic E-state index is 0. The molecule has 7 aromatic rings. The zero-order valence-electron chi connectivity index (χ0n) is 32.9. The van der Waals surface area contributed by atoms with Gasteiger partial charge in [-0.1, -0.05) is 72.8 Å². The minimum atomic E-state index is -1.30. The molecule has 3 aromatic carbocycles. The van der Waals surface area contributed by atoms with Crippen molar-refractivity contribution < 1.29 is 118 Å². The van der Waals surface area contributed by atoms with Gasteiger partial charge in [0.15, 0.2) is 0 Å². The Morgan fingerprint density at radius 3 is 1.05 bits per heavy atom. The van der Waals surface area contributed by atoms with E-state index in [1.54, 1.807) is 42.6 Å². The first-order chi connectivity index (χ1) is 27.6. The van der Waals surface area contributed by atoms with Gasteiger partial charge in [-0.05, 0) is 82.0 Å². The number of hydrogen-bond donors (Lipinski definition) is 2. The van der Waals surface area contributed by atoms with Gasteiger partial charge in [0.2, 0.25) is 0 Å². The molecule has 12 nitrogen and oxygen atoms in total. The van der Waals surface area contributed by atoms with Crippen molar-refractivity contribution in [2.75, 3.05) is 0 Å². The molecule has 0 atom stereocenters. The second-order valence-electron chi connectivity index (χ2n) is 13.5. The van der Waals surface area contributed by atoms with Crippen LogP contribution in [0, 0.1) is 0 Å². The fourth-order valence-corrected chi connectivity index (χ4v) is 7.28. The van der Waals surface area contributed by atoms with E-state index < -0.39 is 17.9 Å². The van der Waals surface area contributed by atoms with Crippen LogP contribution < -0.4 is 104 Å². The van der Waals surface area contributed by atoms with E-state index in [-0.39, 0.29) is 105 Å². The summed E-state index contributed by atoms with van der Waals surface area (Å²) in [6.07, 6.45) is 11.1. The zero-order valence-corrected chi connectivity index (χ0v) is 38.9. The molecule has 0 saturated carbocycles. The van der Waals surface area contributed by atoms with Crippen molar-refractivity contribution in [2.24, 2.45) is 7.05 Å². The zero-order chi connectivity index (χ0) is 39.4. The van der Waals surface area contributed by atoms with Crippen LogP contribution in [0.3, 0.4) is 0 Å². The van der Waals surface area contributed by atoms with E-state index in [0.29, 0.717) is 89.6 Å². The van der Waals surface area contributed by atoms with Crippen LogP contribution in [-0.4, -0.2) is 47.4 Å². The molecule has 0 fully saturated rings. The molecular formula is C45H27N6Na3O6. The number of carboxylic acids is 3. The second kappa shape index (κ2) is 18.2. The summed E-state index contributed by atoms with van der Waals surface area (Å²) in [4.78, 5) is 57.2. The first kappa shape index (κ1) is 44.4. The van der Waals surface area contributed by atoms with Crippen LogP contribution in [0.1, 0.15) is 53.8 Å². The van der Waals surface area contributed by atoms with E-state index in [9.17, 15) is 29.7 Å². The number of carbonyl (C=O) groups excluding carboxylic acids is 3. The maximum atomic E-state index is 11.7. The number of hydrogen-bond acceptors (Lipinski definition) is 9. The van der Waals surface area contributed by atoms with Gasteiger partial charge < -0.3 is 44.2 Å². The van der Waals surface area contributed by atoms with Crippen LogP contribution in [0.15, 0.2) is 109 Å². The first-order valence-corrected chi connectivity index (χ1v) is 17.7. The maximum absolute atomic E-state index is 11.7. The molecular weight excluding hydrogens is 790 g/mol. The molecule has 15 heteroatoms. The molecule has 4 aromatic heterocycles. The number of aromatic carboxylic acids is 3. The number of nitrogens with zero attached hydrogens (tertiary/aromatic N) is 4. The van der Waals surface area contributed by atoms with E-state index in [1.165, 1.54) is 36.4 Å². The van der Waals surface area contributed by atoms with Crippen LogP contribution in [0.2, 0.25) is 0 Å². The molecule has 0 saturated heterocycles. The molecule has 0 amide bonds. The summed E-state index contributed by atoms with van der Waals surface area (Å²) in [5.41, 5.74) is 9.95. The Hall–Kier alpha value is -5.12. The average molecular weight is 817 g/mol. The number of H-pyrrole nitrogens is 2. The van der Waals surface area contributed by atoms with Crippen LogP contribution in [0.25, 0.3) is 91.1 Å². The van der Waals surface area contributed by atoms with Gasteiger partial charge in [-0.15, -0.1) is 0 Å². The Balaban J connectivity index is 0.00000201. The van der Waals surface area contributed by atoms with Crippen molar-refractivity contribution in [3.8, 4) is 44.8 Å². The number of aromatic amines is 2. The maximum Gasteiger partial charge on any atom is 1.00 e. The van der Waals surface area contributed by atoms with Gasteiger partial charge >= 0.3 is 88.7 Å². The van der Waals surface area contributed by atoms with E-state index in [4.69, 9.17) is 9.97 Å². The molecule has 0 unspecified atom stereocenters. The summed E-state index contributed by atoms with van der Waals surface area (Å²) in [6.45, 7) is 0. The Morgan fingerprint density at radius 2 is 0.767 bits per heavy atom. The topological polar surface area (TPSA) is 196 Å². The summed E-state index contributed by atoms with van der Waals surface area (Å²) in [7, 11) is 1.89. The molecule has 0 spiro atoms. The van der Waals surface area contributed by atoms with Crippen LogP contribution in [-0.2, 0) is 7.05 Å². The predicted molar refractivity (Wildman–Crippen MR) is 210 cm³/mol. The van der Waals surface area contributed by atoms with Crippen molar-refractivity contribution in [3.63, 3.8) is 0 Å². The number of nitrogens with one attached hydrogen (secondary N) is 2. The normalized spacial score (nSPS) is 11.3. The SMILES string of the molecule is Cn1ccnc1-c1c2nc(c(-c3ccc(C(=O)[O-])cc3)c3ccc([nH]3)c(-c3ccc(C(=O)[O-])cc3)c3nc(c(-c4ccc(C(=O)[O-])cc4)c4ccc1[nH]4)C=C3)C=C2.[Na+].[Na+].[Na+]. The summed E-state index contributed by atoms with van der Waals surface area (Å²) < 4.78 is 1.90. The Morgan fingerprint density at radius 1 is 0.467 bits per heavy atom. The van der Waals surface area contributed by atoms with Crippen LogP contribution in [0.5, 0.6) is 0 Å². The fourth-order valence-electron chi connectivity index (χ4n) is 7.28. The number of carboxylic acid groups (broad SMARTS) is 3. The number of imidazole rings is 1. The Bertz CT molecular complexity index is 3000. The predicted octanol–water partition coefficient (Wildman–Crippen LogP) is -3.84. The molecule has 0 radical (unpaired) electrons. The molecule has 2 aliphatic rings. The third kappa shape index (κ3) is 8.31. The molecule has 6 heterocycles. The molecule has 0 aliphatic carbocycles. The number of aromatic nitrogens is 6. The van der Waals surface area contributed by atoms with Crippen molar-refractivity contribution in [2.45, 2.75) is 0 Å². The molecule has 8 bridgehead atoms. The minimum Gasteiger partial charge on any atom is -0.545 e. The van der Waals surface area contributed by atoms with Crippen molar-refractivity contribution >= 4 is 64.3 Å². The van der Waals surface area contributed by atoms with Crippen LogP contribution >= 0.6 is 0 Å². The number of fused-ring (bicyclic) bond motifs is 8. The third-order valence-electron chi connectivity index (χ3n) is 10.0. The largest absolute Gasteiger partial charge is 1.00 e. The smallest absolute Gasteiger partial charge is 0.545 e. The molecule has 9 rings (SSSR count). The third-order valence-corrected chi connectivity index (χ3v) is 10.0. The van der Waals surface area contributed by atoms with Gasteiger partial charge in [-0.25, -0.2) is 15.0 Å². The Kier molecular flexibility index (Phi) is 13.5. The van der Waals surface area contributed by atoms with Gasteiger partial charge in [-0.2, -0.15) is 0 Å². The van der Waals surface area contributed by atoms with Crippen molar-refractivity contribution in [3.05, 3.63) is 149 Å². The molecule has 60 heavy (non-hydrogen) atoms. The molecule has 2 N–H and O–H groups in total. The quantitative estimate of drug-likeness (QED) is 0.152. The fraction of sp³-hybridized carbons (Fsp3) is 0.0222. The molecule has 2 aliphatic heterocycles. The summed E-state index contributed by atoms with van der Waals surface area (Å²) in [5.74, 6) is -3.24. The average Bonchev–Trinajstić information content (AvgIpc) is 4.07. The molecule has 276 valence electrons. The standard InChI is InChI=1S/C45H30N6O6.3Na/c1-51-23-22-46-42(51)41-36-20-18-34(49-36)39(25-4-10-28(11-5-25)44(54)55)32-16-14-30(47-32)38(24-2-8-27(9-3-24)43(52)53)31-15-17-33(48-31)40(35-19-21-37(41)50-35)26-6-12-29(13-7-26)45(56)57;;;/h2-23,47,50H,1H3,(H,52,53)(H,54,55)(H,56,57);;;/q;3*+1/p-3. The Labute approximate surface area is 408 Å². The van der Waals surface area contributed by atoms with Gasteiger partial charge in [0.25, 0.3) is 0 Å². The van der Waals surface area contributed by atoms with Gasteiger partial charge in [0.05, 0.1) is 51.8 Å². The summed E-state index contributed by atoms with van der Waals surface area (Å²) >= 11 is 0. The summed E-state index contributed by atoms with van der Waals surface area (Å²) in [6, 6.07) is 26.8. The van der Waals surface area contributed by atoms with E-state index >= 15 is 0 Å². The van der Waals surface area contributed by atoms with E-state index in [1.807, 2.05) is 66.4 Å². The van der Waals surface area contributed by atoms with Gasteiger partial charge in [0.1, 0.15) is 5.82 Å². The van der Waals surface area contributed by atoms with Crippen molar-refractivity contribution in [1.82, 2.24) is 29.5 Å². The monoisotopic (exact) mass is 816 g/mol. The number of aryl methyl sites for hydroxylation is 1.